The van der Waals surface area contributed by atoms with Crippen LogP contribution in [0.15, 0.2) is 36.4 Å². The van der Waals surface area contributed by atoms with Gasteiger partial charge in [0.2, 0.25) is 0 Å². The van der Waals surface area contributed by atoms with Gasteiger partial charge in [-0.2, -0.15) is 0 Å². The van der Waals surface area contributed by atoms with Crippen LogP contribution in [0.3, 0.4) is 0 Å². The molecular formula is C15H14FNO. The van der Waals surface area contributed by atoms with Gasteiger partial charge in [0.15, 0.2) is 5.78 Å². The highest BCUT2D eigenvalue weighted by atomic mass is 19.1. The van der Waals surface area contributed by atoms with Crippen LogP contribution in [0.25, 0.3) is 0 Å². The number of halogens is 1. The molecule has 92 valence electrons. The van der Waals surface area contributed by atoms with Crippen LogP contribution in [0.2, 0.25) is 0 Å². The third kappa shape index (κ3) is 2.25. The largest absolute Gasteiger partial charge is 0.396 e. The average molecular weight is 243 g/mol. The highest BCUT2D eigenvalue weighted by Gasteiger charge is 2.13. The minimum atomic E-state index is -0.564. The molecule has 0 aliphatic rings. The lowest BCUT2D eigenvalue weighted by atomic mass is 9.97. The van der Waals surface area contributed by atoms with Crippen LogP contribution in [-0.2, 0) is 0 Å². The van der Waals surface area contributed by atoms with Gasteiger partial charge in [0.1, 0.15) is 5.82 Å². The number of benzene rings is 2. The van der Waals surface area contributed by atoms with Gasteiger partial charge in [-0.15, -0.1) is 0 Å². The SMILES string of the molecule is Cc1ccc(C)c(C(=O)c2ccc(N)c(F)c2)c1. The summed E-state index contributed by atoms with van der Waals surface area (Å²) in [7, 11) is 0. The van der Waals surface area contributed by atoms with Crippen LogP contribution in [0.4, 0.5) is 10.1 Å². The Morgan fingerprint density at radius 2 is 1.83 bits per heavy atom. The minimum Gasteiger partial charge on any atom is -0.396 e. The Balaban J connectivity index is 2.47. The fourth-order valence-corrected chi connectivity index (χ4v) is 1.80. The summed E-state index contributed by atoms with van der Waals surface area (Å²) in [5, 5.41) is 0. The molecule has 0 amide bonds. The van der Waals surface area contributed by atoms with Crippen molar-refractivity contribution < 1.29 is 9.18 Å². The van der Waals surface area contributed by atoms with Crippen molar-refractivity contribution in [3.8, 4) is 0 Å². The van der Waals surface area contributed by atoms with Crippen molar-refractivity contribution in [3.63, 3.8) is 0 Å². The maximum absolute atomic E-state index is 13.4. The van der Waals surface area contributed by atoms with Crippen LogP contribution >= 0.6 is 0 Å². The van der Waals surface area contributed by atoms with Crippen molar-refractivity contribution in [1.82, 2.24) is 0 Å². The summed E-state index contributed by atoms with van der Waals surface area (Å²) in [6.07, 6.45) is 0. The number of rotatable bonds is 2. The first-order chi connectivity index (χ1) is 8.49. The molecule has 0 heterocycles. The second-order valence-electron chi connectivity index (χ2n) is 4.38. The summed E-state index contributed by atoms with van der Waals surface area (Å²) in [4.78, 5) is 12.3. The van der Waals surface area contributed by atoms with E-state index in [9.17, 15) is 9.18 Å². The number of anilines is 1. The molecule has 0 saturated carbocycles. The number of carbonyl (C=O) groups excluding carboxylic acids is 1. The first kappa shape index (κ1) is 12.3. The second-order valence-corrected chi connectivity index (χ2v) is 4.38. The molecule has 2 aromatic rings. The van der Waals surface area contributed by atoms with E-state index in [1.807, 2.05) is 32.0 Å². The summed E-state index contributed by atoms with van der Waals surface area (Å²) >= 11 is 0. The van der Waals surface area contributed by atoms with Crippen molar-refractivity contribution in [2.24, 2.45) is 0 Å². The lowest BCUT2D eigenvalue weighted by molar-refractivity contribution is 0.103. The van der Waals surface area contributed by atoms with Crippen molar-refractivity contribution in [1.29, 1.82) is 0 Å². The molecule has 0 atom stereocenters. The van der Waals surface area contributed by atoms with E-state index in [1.165, 1.54) is 12.1 Å². The van der Waals surface area contributed by atoms with Crippen LogP contribution in [0, 0.1) is 19.7 Å². The molecule has 0 unspecified atom stereocenters. The number of aryl methyl sites for hydroxylation is 2. The van der Waals surface area contributed by atoms with E-state index in [0.29, 0.717) is 11.1 Å². The molecule has 18 heavy (non-hydrogen) atoms. The van der Waals surface area contributed by atoms with Crippen LogP contribution in [-0.4, -0.2) is 5.78 Å². The maximum Gasteiger partial charge on any atom is 0.193 e. The number of ketones is 1. The van der Waals surface area contributed by atoms with Gasteiger partial charge in [0, 0.05) is 11.1 Å². The summed E-state index contributed by atoms with van der Waals surface area (Å²) in [5.41, 5.74) is 8.23. The molecule has 0 aliphatic carbocycles. The van der Waals surface area contributed by atoms with Gasteiger partial charge in [-0.3, -0.25) is 4.79 Å². The van der Waals surface area contributed by atoms with Crippen molar-refractivity contribution in [2.75, 3.05) is 5.73 Å². The third-order valence-corrected chi connectivity index (χ3v) is 2.90. The molecule has 3 heteroatoms. The minimum absolute atomic E-state index is 0.0486. The standard InChI is InChI=1S/C15H14FNO/c1-9-3-4-10(2)12(7-9)15(18)11-5-6-14(17)13(16)8-11/h3-8H,17H2,1-2H3. The number of hydrogen-bond donors (Lipinski definition) is 1. The lowest BCUT2D eigenvalue weighted by Gasteiger charge is -2.07. The van der Waals surface area contributed by atoms with Crippen LogP contribution in [0.1, 0.15) is 27.0 Å². The van der Waals surface area contributed by atoms with Crippen LogP contribution in [0.5, 0.6) is 0 Å². The van der Waals surface area contributed by atoms with Crippen molar-refractivity contribution in [2.45, 2.75) is 13.8 Å². The van der Waals surface area contributed by atoms with Gasteiger partial charge in [-0.05, 0) is 43.7 Å². The monoisotopic (exact) mass is 243 g/mol. The molecule has 2 N–H and O–H groups in total. The Morgan fingerprint density at radius 3 is 2.50 bits per heavy atom. The molecule has 2 nitrogen and oxygen atoms in total. The lowest BCUT2D eigenvalue weighted by Crippen LogP contribution is -2.05. The Bertz CT molecular complexity index is 620. The van der Waals surface area contributed by atoms with E-state index in [0.717, 1.165) is 11.1 Å². The van der Waals surface area contributed by atoms with E-state index >= 15 is 0 Å². The Hall–Kier alpha value is -2.16. The van der Waals surface area contributed by atoms with Crippen molar-refractivity contribution in [3.05, 3.63) is 64.5 Å². The van der Waals surface area contributed by atoms with E-state index in [4.69, 9.17) is 5.73 Å². The Labute approximate surface area is 105 Å². The molecule has 0 bridgehead atoms. The fourth-order valence-electron chi connectivity index (χ4n) is 1.80. The highest BCUT2D eigenvalue weighted by Crippen LogP contribution is 2.18. The highest BCUT2D eigenvalue weighted by molar-refractivity contribution is 6.10. The predicted molar refractivity (Wildman–Crippen MR) is 70.2 cm³/mol. The normalized spacial score (nSPS) is 10.4. The van der Waals surface area contributed by atoms with E-state index in [2.05, 4.69) is 0 Å². The zero-order chi connectivity index (χ0) is 13.3. The van der Waals surface area contributed by atoms with E-state index in [-0.39, 0.29) is 11.5 Å². The topological polar surface area (TPSA) is 43.1 Å². The molecule has 2 aromatic carbocycles. The van der Waals surface area contributed by atoms with Gasteiger partial charge >= 0.3 is 0 Å². The average Bonchev–Trinajstić information content (AvgIpc) is 2.35. The molecular weight excluding hydrogens is 229 g/mol. The third-order valence-electron chi connectivity index (χ3n) is 2.90. The molecule has 0 saturated heterocycles. The molecule has 0 radical (unpaired) electrons. The van der Waals surface area contributed by atoms with Crippen LogP contribution < -0.4 is 5.73 Å². The quantitative estimate of drug-likeness (QED) is 0.650. The number of nitrogen functional groups attached to an aromatic ring is 1. The van der Waals surface area contributed by atoms with Gasteiger partial charge in [0.05, 0.1) is 5.69 Å². The summed E-state index contributed by atoms with van der Waals surface area (Å²) in [5.74, 6) is -0.749. The first-order valence-corrected chi connectivity index (χ1v) is 5.66. The predicted octanol–water partition coefficient (Wildman–Crippen LogP) is 3.26. The van der Waals surface area contributed by atoms with Gasteiger partial charge < -0.3 is 5.73 Å². The summed E-state index contributed by atoms with van der Waals surface area (Å²) in [6.45, 7) is 3.78. The van der Waals surface area contributed by atoms with Gasteiger partial charge in [-0.25, -0.2) is 4.39 Å². The van der Waals surface area contributed by atoms with Gasteiger partial charge in [-0.1, -0.05) is 17.7 Å². The van der Waals surface area contributed by atoms with Crippen molar-refractivity contribution >= 4 is 11.5 Å². The van der Waals surface area contributed by atoms with E-state index in [1.54, 1.807) is 6.07 Å². The number of hydrogen-bond acceptors (Lipinski definition) is 2. The Kier molecular flexibility index (Phi) is 3.15. The maximum atomic E-state index is 13.4. The zero-order valence-corrected chi connectivity index (χ0v) is 10.3. The number of carbonyl (C=O) groups is 1. The second kappa shape index (κ2) is 4.61. The molecule has 0 aliphatic heterocycles. The van der Waals surface area contributed by atoms with Gasteiger partial charge in [0.25, 0.3) is 0 Å². The Morgan fingerprint density at radius 1 is 1.11 bits per heavy atom. The molecule has 0 spiro atoms. The first-order valence-electron chi connectivity index (χ1n) is 5.66. The van der Waals surface area contributed by atoms with E-state index < -0.39 is 5.82 Å². The fraction of sp³-hybridized carbons (Fsp3) is 0.133. The number of nitrogens with two attached hydrogens (primary N) is 1. The zero-order valence-electron chi connectivity index (χ0n) is 10.3. The molecule has 2 rings (SSSR count). The summed E-state index contributed by atoms with van der Waals surface area (Å²) in [6, 6.07) is 9.77. The molecule has 0 aromatic heterocycles. The summed E-state index contributed by atoms with van der Waals surface area (Å²) < 4.78 is 13.4. The smallest absolute Gasteiger partial charge is 0.193 e. The molecule has 0 fully saturated rings.